The molecule has 0 aromatic carbocycles. The minimum absolute atomic E-state index is 0.118. The zero-order valence-electron chi connectivity index (χ0n) is 13.7. The molecule has 1 atom stereocenters. The highest BCUT2D eigenvalue weighted by atomic mass is 16.5. The first-order chi connectivity index (χ1) is 10.9. The van der Waals surface area contributed by atoms with Gasteiger partial charge in [0.1, 0.15) is 5.69 Å². The summed E-state index contributed by atoms with van der Waals surface area (Å²) >= 11 is 0. The molecule has 1 saturated heterocycles. The molecule has 0 radical (unpaired) electrons. The van der Waals surface area contributed by atoms with Gasteiger partial charge in [0.15, 0.2) is 0 Å². The Hall–Kier alpha value is -2.15. The number of rotatable bonds is 4. The van der Waals surface area contributed by atoms with Gasteiger partial charge in [-0.25, -0.2) is 0 Å². The summed E-state index contributed by atoms with van der Waals surface area (Å²) in [4.78, 5) is 12.2. The molecule has 2 aromatic heterocycles. The Labute approximate surface area is 135 Å². The number of carbonyl (C=O) groups excluding carboxylic acids is 1. The SMILES string of the molecule is Cn1cc(-c2cc(C(=O)NCC3CCOC(C)(C)C3)on2)cn1. The summed E-state index contributed by atoms with van der Waals surface area (Å²) in [7, 11) is 1.83. The molecule has 1 aliphatic heterocycles. The maximum Gasteiger partial charge on any atom is 0.289 e. The first-order valence-electron chi connectivity index (χ1n) is 7.81. The van der Waals surface area contributed by atoms with E-state index in [1.807, 2.05) is 13.2 Å². The quantitative estimate of drug-likeness (QED) is 0.932. The van der Waals surface area contributed by atoms with Gasteiger partial charge < -0.3 is 14.6 Å². The van der Waals surface area contributed by atoms with Crippen LogP contribution in [-0.4, -0.2) is 39.6 Å². The lowest BCUT2D eigenvalue weighted by Gasteiger charge is -2.35. The Balaban J connectivity index is 1.57. The van der Waals surface area contributed by atoms with Crippen molar-refractivity contribution in [2.75, 3.05) is 13.2 Å². The molecule has 0 spiro atoms. The van der Waals surface area contributed by atoms with E-state index in [1.165, 1.54) is 0 Å². The molecule has 124 valence electrons. The second kappa shape index (κ2) is 6.16. The van der Waals surface area contributed by atoms with E-state index in [0.717, 1.165) is 25.0 Å². The van der Waals surface area contributed by atoms with Crippen LogP contribution in [0.25, 0.3) is 11.3 Å². The molecule has 2 aromatic rings. The molecule has 1 aliphatic rings. The molecular weight excluding hydrogens is 296 g/mol. The first kappa shape index (κ1) is 15.7. The lowest BCUT2D eigenvalue weighted by molar-refractivity contribution is -0.0715. The van der Waals surface area contributed by atoms with E-state index < -0.39 is 0 Å². The molecule has 0 bridgehead atoms. The normalized spacial score (nSPS) is 20.4. The highest BCUT2D eigenvalue weighted by molar-refractivity contribution is 5.92. The maximum atomic E-state index is 12.2. The Morgan fingerprint density at radius 1 is 1.52 bits per heavy atom. The van der Waals surface area contributed by atoms with Crippen LogP contribution in [-0.2, 0) is 11.8 Å². The van der Waals surface area contributed by atoms with Crippen molar-refractivity contribution in [3.63, 3.8) is 0 Å². The predicted octanol–water partition coefficient (Wildman–Crippen LogP) is 2.01. The molecule has 1 fully saturated rings. The minimum atomic E-state index is -0.239. The first-order valence-corrected chi connectivity index (χ1v) is 7.81. The van der Waals surface area contributed by atoms with Crippen LogP contribution in [0.2, 0.25) is 0 Å². The summed E-state index contributed by atoms with van der Waals surface area (Å²) in [5.74, 6) is 0.399. The third-order valence-corrected chi connectivity index (χ3v) is 4.09. The molecule has 3 rings (SSSR count). The largest absolute Gasteiger partial charge is 0.376 e. The summed E-state index contributed by atoms with van der Waals surface area (Å²) in [6.45, 7) is 5.52. The van der Waals surface area contributed by atoms with Gasteiger partial charge in [0.2, 0.25) is 5.76 Å². The number of nitrogens with zero attached hydrogens (tertiary/aromatic N) is 3. The second-order valence-electron chi connectivity index (χ2n) is 6.66. The molecule has 1 N–H and O–H groups in total. The fraction of sp³-hybridized carbons (Fsp3) is 0.562. The van der Waals surface area contributed by atoms with Crippen LogP contribution in [0.1, 0.15) is 37.2 Å². The van der Waals surface area contributed by atoms with Crippen molar-refractivity contribution in [2.45, 2.75) is 32.3 Å². The summed E-state index contributed by atoms with van der Waals surface area (Å²) in [5, 5.41) is 10.9. The number of aryl methyl sites for hydroxylation is 1. The van der Waals surface area contributed by atoms with Gasteiger partial charge in [-0.3, -0.25) is 9.48 Å². The minimum Gasteiger partial charge on any atom is -0.376 e. The lowest BCUT2D eigenvalue weighted by atomic mass is 9.88. The average Bonchev–Trinajstić information content (AvgIpc) is 3.12. The van der Waals surface area contributed by atoms with Gasteiger partial charge >= 0.3 is 0 Å². The molecule has 23 heavy (non-hydrogen) atoms. The molecule has 7 nitrogen and oxygen atoms in total. The Kier molecular flexibility index (Phi) is 4.21. The standard InChI is InChI=1S/C16H22N4O3/c1-16(2)7-11(4-5-22-16)8-17-15(21)14-6-13(19-23-14)12-9-18-20(3)10-12/h6,9-11H,4-5,7-8H2,1-3H3,(H,17,21). The van der Waals surface area contributed by atoms with Crippen molar-refractivity contribution in [3.8, 4) is 11.3 Å². The maximum absolute atomic E-state index is 12.2. The third-order valence-electron chi connectivity index (χ3n) is 4.09. The average molecular weight is 318 g/mol. The zero-order chi connectivity index (χ0) is 16.4. The molecule has 0 saturated carbocycles. The van der Waals surface area contributed by atoms with Crippen molar-refractivity contribution in [2.24, 2.45) is 13.0 Å². The van der Waals surface area contributed by atoms with E-state index in [4.69, 9.17) is 9.26 Å². The van der Waals surface area contributed by atoms with E-state index in [-0.39, 0.29) is 17.3 Å². The highest BCUT2D eigenvalue weighted by Gasteiger charge is 2.29. The molecule has 7 heteroatoms. The Bertz CT molecular complexity index is 689. The van der Waals surface area contributed by atoms with Gasteiger partial charge in [-0.15, -0.1) is 0 Å². The van der Waals surface area contributed by atoms with E-state index in [0.29, 0.717) is 18.2 Å². The van der Waals surface area contributed by atoms with Gasteiger partial charge in [-0.1, -0.05) is 5.16 Å². The third kappa shape index (κ3) is 3.79. The summed E-state index contributed by atoms with van der Waals surface area (Å²) in [6.07, 6.45) is 5.40. The Morgan fingerprint density at radius 3 is 3.04 bits per heavy atom. The monoisotopic (exact) mass is 318 g/mol. The van der Waals surface area contributed by atoms with Crippen LogP contribution in [0, 0.1) is 5.92 Å². The van der Waals surface area contributed by atoms with Crippen LogP contribution in [0.3, 0.4) is 0 Å². The van der Waals surface area contributed by atoms with Crippen LogP contribution < -0.4 is 5.32 Å². The number of carbonyl (C=O) groups is 1. The fourth-order valence-electron chi connectivity index (χ4n) is 2.93. The number of ether oxygens (including phenoxy) is 1. The van der Waals surface area contributed by atoms with E-state index in [1.54, 1.807) is 16.9 Å². The lowest BCUT2D eigenvalue weighted by Crippen LogP contribution is -2.39. The second-order valence-corrected chi connectivity index (χ2v) is 6.66. The van der Waals surface area contributed by atoms with Gasteiger partial charge in [0.25, 0.3) is 5.91 Å². The van der Waals surface area contributed by atoms with Crippen molar-refractivity contribution in [1.29, 1.82) is 0 Å². The summed E-state index contributed by atoms with van der Waals surface area (Å²) in [5.41, 5.74) is 1.31. The number of amides is 1. The van der Waals surface area contributed by atoms with E-state index >= 15 is 0 Å². The van der Waals surface area contributed by atoms with Crippen molar-refractivity contribution in [3.05, 3.63) is 24.2 Å². The molecular formula is C16H22N4O3. The van der Waals surface area contributed by atoms with Gasteiger partial charge in [0.05, 0.1) is 11.8 Å². The molecule has 3 heterocycles. The van der Waals surface area contributed by atoms with Crippen LogP contribution in [0.15, 0.2) is 23.0 Å². The van der Waals surface area contributed by atoms with Gasteiger partial charge in [-0.05, 0) is 32.6 Å². The predicted molar refractivity (Wildman–Crippen MR) is 83.8 cm³/mol. The smallest absolute Gasteiger partial charge is 0.289 e. The molecule has 1 unspecified atom stereocenters. The molecule has 0 aliphatic carbocycles. The summed E-state index contributed by atoms with van der Waals surface area (Å²) < 4.78 is 12.5. The number of aromatic nitrogens is 3. The van der Waals surface area contributed by atoms with Gasteiger partial charge in [0, 0.05) is 38.0 Å². The van der Waals surface area contributed by atoms with Crippen molar-refractivity contribution < 1.29 is 14.1 Å². The Morgan fingerprint density at radius 2 is 2.35 bits per heavy atom. The number of hydrogen-bond acceptors (Lipinski definition) is 5. The fourth-order valence-corrected chi connectivity index (χ4v) is 2.93. The van der Waals surface area contributed by atoms with Crippen LogP contribution >= 0.6 is 0 Å². The zero-order valence-corrected chi connectivity index (χ0v) is 13.7. The molecule has 1 amide bonds. The van der Waals surface area contributed by atoms with E-state index in [2.05, 4.69) is 29.4 Å². The topological polar surface area (TPSA) is 82.2 Å². The number of nitrogens with one attached hydrogen (secondary N) is 1. The highest BCUT2D eigenvalue weighted by Crippen LogP contribution is 2.28. The van der Waals surface area contributed by atoms with Crippen LogP contribution in [0.4, 0.5) is 0 Å². The van der Waals surface area contributed by atoms with Crippen molar-refractivity contribution in [1.82, 2.24) is 20.3 Å². The summed E-state index contributed by atoms with van der Waals surface area (Å²) in [6, 6.07) is 1.64. The number of hydrogen-bond donors (Lipinski definition) is 1. The van der Waals surface area contributed by atoms with Crippen molar-refractivity contribution >= 4 is 5.91 Å². The van der Waals surface area contributed by atoms with Gasteiger partial charge in [-0.2, -0.15) is 5.10 Å². The van der Waals surface area contributed by atoms with E-state index in [9.17, 15) is 4.79 Å². The van der Waals surface area contributed by atoms with Crippen LogP contribution in [0.5, 0.6) is 0 Å².